The van der Waals surface area contributed by atoms with E-state index in [1.807, 2.05) is 0 Å². The summed E-state index contributed by atoms with van der Waals surface area (Å²) in [5.41, 5.74) is 0. The molecule has 0 aromatic rings. The van der Waals surface area contributed by atoms with Crippen LogP contribution >= 0.6 is 11.6 Å². The molecule has 0 spiro atoms. The Labute approximate surface area is 80.5 Å². The average Bonchev–Trinajstić information content (AvgIpc) is 1.97. The summed E-state index contributed by atoms with van der Waals surface area (Å²) in [6.45, 7) is 4.29. The Kier molecular flexibility index (Phi) is 7.58. The number of carbonyl (C=O) groups is 1. The maximum atomic E-state index is 10.5. The minimum atomic E-state index is -0.196. The van der Waals surface area contributed by atoms with Crippen molar-refractivity contribution in [1.29, 1.82) is 0 Å². The first-order chi connectivity index (χ1) is 5.66. The van der Waals surface area contributed by atoms with E-state index >= 15 is 0 Å². The van der Waals surface area contributed by atoms with Crippen molar-refractivity contribution in [3.63, 3.8) is 0 Å². The van der Waals surface area contributed by atoms with Gasteiger partial charge in [-0.2, -0.15) is 0 Å². The molecule has 1 nitrogen and oxygen atoms in total. The van der Waals surface area contributed by atoms with Gasteiger partial charge in [0, 0.05) is 6.42 Å². The highest BCUT2D eigenvalue weighted by Crippen LogP contribution is 2.14. The Hall–Kier alpha value is -0.0400. The minimum Gasteiger partial charge on any atom is -0.281 e. The maximum Gasteiger partial charge on any atom is 0.221 e. The molecule has 0 radical (unpaired) electrons. The maximum absolute atomic E-state index is 10.5. The van der Waals surface area contributed by atoms with E-state index in [1.54, 1.807) is 0 Å². The van der Waals surface area contributed by atoms with Crippen molar-refractivity contribution in [3.05, 3.63) is 0 Å². The molecule has 0 fully saturated rings. The van der Waals surface area contributed by atoms with Crippen LogP contribution in [0.1, 0.15) is 52.4 Å². The summed E-state index contributed by atoms with van der Waals surface area (Å²) < 4.78 is 0. The van der Waals surface area contributed by atoms with Gasteiger partial charge in [-0.3, -0.25) is 4.79 Å². The summed E-state index contributed by atoms with van der Waals surface area (Å²) >= 11 is 5.27. The van der Waals surface area contributed by atoms with Gasteiger partial charge in [-0.15, -0.1) is 0 Å². The van der Waals surface area contributed by atoms with Crippen molar-refractivity contribution < 1.29 is 4.79 Å². The average molecular weight is 191 g/mol. The van der Waals surface area contributed by atoms with Crippen molar-refractivity contribution in [2.75, 3.05) is 0 Å². The van der Waals surface area contributed by atoms with Gasteiger partial charge in [0.2, 0.25) is 5.24 Å². The van der Waals surface area contributed by atoms with E-state index in [-0.39, 0.29) is 5.24 Å². The number of unbranched alkanes of at least 4 members (excludes halogenated alkanes) is 3. The third kappa shape index (κ3) is 8.06. The SMILES string of the molecule is CCCCCCC(C)CC(=O)Cl. The lowest BCUT2D eigenvalue weighted by Crippen LogP contribution is -1.99. The Morgan fingerprint density at radius 1 is 1.33 bits per heavy atom. The summed E-state index contributed by atoms with van der Waals surface area (Å²) in [7, 11) is 0. The van der Waals surface area contributed by atoms with Crippen LogP contribution in [0, 0.1) is 5.92 Å². The lowest BCUT2D eigenvalue weighted by Gasteiger charge is -2.07. The first-order valence-corrected chi connectivity index (χ1v) is 5.23. The summed E-state index contributed by atoms with van der Waals surface area (Å²) in [5, 5.41) is -0.196. The second-order valence-corrected chi connectivity index (χ2v) is 3.94. The molecule has 0 amide bonds. The highest BCUT2D eigenvalue weighted by atomic mass is 35.5. The van der Waals surface area contributed by atoms with Crippen LogP contribution in [0.5, 0.6) is 0 Å². The third-order valence-corrected chi connectivity index (χ3v) is 2.21. The van der Waals surface area contributed by atoms with Gasteiger partial charge in [0.25, 0.3) is 0 Å². The van der Waals surface area contributed by atoms with Gasteiger partial charge in [-0.25, -0.2) is 0 Å². The minimum absolute atomic E-state index is 0.196. The van der Waals surface area contributed by atoms with Gasteiger partial charge in [0.1, 0.15) is 0 Å². The van der Waals surface area contributed by atoms with Gasteiger partial charge in [0.05, 0.1) is 0 Å². The van der Waals surface area contributed by atoms with Crippen LogP contribution in [0.3, 0.4) is 0 Å². The number of halogens is 1. The highest BCUT2D eigenvalue weighted by Gasteiger charge is 2.05. The summed E-state index contributed by atoms with van der Waals surface area (Å²) in [6, 6.07) is 0. The molecule has 2 heteroatoms. The van der Waals surface area contributed by atoms with E-state index in [9.17, 15) is 4.79 Å². The van der Waals surface area contributed by atoms with Crippen LogP contribution in [-0.4, -0.2) is 5.24 Å². The van der Waals surface area contributed by atoms with Crippen LogP contribution < -0.4 is 0 Å². The quantitative estimate of drug-likeness (QED) is 0.442. The summed E-state index contributed by atoms with van der Waals surface area (Å²) in [4.78, 5) is 10.5. The molecule has 0 heterocycles. The van der Waals surface area contributed by atoms with Crippen LogP contribution in [0.4, 0.5) is 0 Å². The van der Waals surface area contributed by atoms with Gasteiger partial charge in [-0.1, -0.05) is 46.0 Å². The topological polar surface area (TPSA) is 17.1 Å². The molecule has 0 saturated heterocycles. The molecule has 1 unspecified atom stereocenters. The van der Waals surface area contributed by atoms with Gasteiger partial charge >= 0.3 is 0 Å². The van der Waals surface area contributed by atoms with Crippen LogP contribution in [-0.2, 0) is 4.79 Å². The fourth-order valence-corrected chi connectivity index (χ4v) is 1.56. The van der Waals surface area contributed by atoms with Crippen molar-refractivity contribution in [3.8, 4) is 0 Å². The van der Waals surface area contributed by atoms with Crippen LogP contribution in [0.25, 0.3) is 0 Å². The largest absolute Gasteiger partial charge is 0.281 e. The molecule has 0 aromatic carbocycles. The molecule has 0 N–H and O–H groups in total. The standard InChI is InChI=1S/C10H19ClO/c1-3-4-5-6-7-9(2)8-10(11)12/h9H,3-8H2,1-2H3. The monoisotopic (exact) mass is 190 g/mol. The van der Waals surface area contributed by atoms with E-state index in [1.165, 1.54) is 25.7 Å². The molecule has 0 aromatic heterocycles. The molecule has 0 aliphatic rings. The lowest BCUT2D eigenvalue weighted by atomic mass is 10.0. The molecule has 0 aliphatic heterocycles. The molecule has 72 valence electrons. The molecule has 1 atom stereocenters. The van der Waals surface area contributed by atoms with Crippen LogP contribution in [0.2, 0.25) is 0 Å². The van der Waals surface area contributed by atoms with Crippen molar-refractivity contribution in [2.24, 2.45) is 5.92 Å². The predicted molar refractivity (Wildman–Crippen MR) is 53.4 cm³/mol. The highest BCUT2D eigenvalue weighted by molar-refractivity contribution is 6.63. The first-order valence-electron chi connectivity index (χ1n) is 4.85. The van der Waals surface area contributed by atoms with Crippen molar-refractivity contribution >= 4 is 16.8 Å². The Bertz CT molecular complexity index is 123. The van der Waals surface area contributed by atoms with Crippen molar-refractivity contribution in [1.82, 2.24) is 0 Å². The van der Waals surface area contributed by atoms with E-state index < -0.39 is 0 Å². The van der Waals surface area contributed by atoms with E-state index in [0.29, 0.717) is 12.3 Å². The molecular formula is C10H19ClO. The summed E-state index contributed by atoms with van der Waals surface area (Å²) in [5.74, 6) is 0.465. The number of hydrogen-bond acceptors (Lipinski definition) is 1. The zero-order valence-corrected chi connectivity index (χ0v) is 8.86. The number of rotatable bonds is 7. The van der Waals surface area contributed by atoms with Gasteiger partial charge in [-0.05, 0) is 17.5 Å². The first kappa shape index (κ1) is 12.0. The molecule has 0 rings (SSSR count). The fourth-order valence-electron chi connectivity index (χ4n) is 1.30. The second kappa shape index (κ2) is 7.60. The molecular weight excluding hydrogens is 172 g/mol. The lowest BCUT2D eigenvalue weighted by molar-refractivity contribution is -0.112. The zero-order chi connectivity index (χ0) is 9.40. The normalized spacial score (nSPS) is 12.9. The third-order valence-electron chi connectivity index (χ3n) is 2.06. The smallest absolute Gasteiger partial charge is 0.221 e. The molecule has 0 aliphatic carbocycles. The molecule has 12 heavy (non-hydrogen) atoms. The zero-order valence-electron chi connectivity index (χ0n) is 8.11. The second-order valence-electron chi connectivity index (χ2n) is 3.51. The predicted octanol–water partition coefficient (Wildman–Crippen LogP) is 3.75. The van der Waals surface area contributed by atoms with E-state index in [2.05, 4.69) is 13.8 Å². The van der Waals surface area contributed by atoms with Crippen LogP contribution in [0.15, 0.2) is 0 Å². The Balaban J connectivity index is 3.19. The Morgan fingerprint density at radius 2 is 2.00 bits per heavy atom. The van der Waals surface area contributed by atoms with E-state index in [0.717, 1.165) is 6.42 Å². The van der Waals surface area contributed by atoms with E-state index in [4.69, 9.17) is 11.6 Å². The molecule has 0 bridgehead atoms. The summed E-state index contributed by atoms with van der Waals surface area (Å²) in [6.07, 6.45) is 6.77. The number of hydrogen-bond donors (Lipinski definition) is 0. The van der Waals surface area contributed by atoms with Gasteiger partial charge < -0.3 is 0 Å². The fraction of sp³-hybridized carbons (Fsp3) is 0.900. The molecule has 0 saturated carbocycles. The van der Waals surface area contributed by atoms with Crippen molar-refractivity contribution in [2.45, 2.75) is 52.4 Å². The van der Waals surface area contributed by atoms with Gasteiger partial charge in [0.15, 0.2) is 0 Å². The number of carbonyl (C=O) groups excluding carboxylic acids is 1. The Morgan fingerprint density at radius 3 is 2.50 bits per heavy atom.